The second-order valence-corrected chi connectivity index (χ2v) is 6.51. The number of rotatable bonds is 6. The highest BCUT2D eigenvalue weighted by Gasteiger charge is 2.29. The minimum Gasteiger partial charge on any atom is -0.480 e. The van der Waals surface area contributed by atoms with Crippen LogP contribution in [-0.2, 0) is 4.79 Å². The second-order valence-electron chi connectivity index (χ2n) is 4.94. The van der Waals surface area contributed by atoms with E-state index < -0.39 is 12.0 Å². The standard InChI is InChI=1S/C15H21NO2S/c1-2-19-13-9-8-12(10-13)16-14(15(17)18)11-6-4-3-5-7-11/h3-7,12-14,16H,2,8-10H2,1H3,(H,17,18). The van der Waals surface area contributed by atoms with E-state index in [1.807, 2.05) is 42.1 Å². The lowest BCUT2D eigenvalue weighted by Crippen LogP contribution is -2.35. The van der Waals surface area contributed by atoms with Gasteiger partial charge in [-0.1, -0.05) is 37.3 Å². The number of benzene rings is 1. The van der Waals surface area contributed by atoms with E-state index in [-0.39, 0.29) is 0 Å². The molecule has 0 spiro atoms. The van der Waals surface area contributed by atoms with Crippen molar-refractivity contribution in [2.75, 3.05) is 5.75 Å². The molecule has 0 aromatic heterocycles. The maximum Gasteiger partial charge on any atom is 0.325 e. The number of thioether (sulfide) groups is 1. The lowest BCUT2D eigenvalue weighted by atomic mass is 10.1. The Kier molecular flexibility index (Phi) is 5.28. The molecule has 104 valence electrons. The fourth-order valence-corrected chi connectivity index (χ4v) is 3.81. The molecule has 1 aliphatic carbocycles. The molecule has 19 heavy (non-hydrogen) atoms. The molecule has 0 amide bonds. The van der Waals surface area contributed by atoms with Gasteiger partial charge < -0.3 is 5.11 Å². The van der Waals surface area contributed by atoms with Crippen LogP contribution in [0.4, 0.5) is 0 Å². The first-order valence-electron chi connectivity index (χ1n) is 6.86. The first kappa shape index (κ1) is 14.4. The van der Waals surface area contributed by atoms with Gasteiger partial charge in [0.1, 0.15) is 6.04 Å². The Morgan fingerprint density at radius 1 is 1.42 bits per heavy atom. The monoisotopic (exact) mass is 279 g/mol. The van der Waals surface area contributed by atoms with E-state index >= 15 is 0 Å². The fraction of sp³-hybridized carbons (Fsp3) is 0.533. The van der Waals surface area contributed by atoms with E-state index in [4.69, 9.17) is 0 Å². The van der Waals surface area contributed by atoms with E-state index in [1.54, 1.807) is 0 Å². The Hall–Kier alpha value is -1.00. The van der Waals surface area contributed by atoms with Crippen molar-refractivity contribution in [2.45, 2.75) is 43.5 Å². The molecule has 4 heteroatoms. The number of carbonyl (C=O) groups is 1. The minimum absolute atomic E-state index is 0.324. The predicted molar refractivity (Wildman–Crippen MR) is 79.5 cm³/mol. The summed E-state index contributed by atoms with van der Waals surface area (Å²) in [5, 5.41) is 13.4. The fourth-order valence-electron chi connectivity index (χ4n) is 2.67. The van der Waals surface area contributed by atoms with E-state index in [0.717, 1.165) is 24.2 Å². The van der Waals surface area contributed by atoms with Crippen molar-refractivity contribution in [1.82, 2.24) is 5.32 Å². The van der Waals surface area contributed by atoms with Gasteiger partial charge in [-0.05, 0) is 30.6 Å². The zero-order chi connectivity index (χ0) is 13.7. The highest BCUT2D eigenvalue weighted by molar-refractivity contribution is 7.99. The Labute approximate surface area is 118 Å². The average Bonchev–Trinajstić information content (AvgIpc) is 2.85. The number of hydrogen-bond donors (Lipinski definition) is 2. The zero-order valence-corrected chi connectivity index (χ0v) is 12.0. The molecule has 1 aromatic carbocycles. The van der Waals surface area contributed by atoms with Crippen LogP contribution in [0.15, 0.2) is 30.3 Å². The van der Waals surface area contributed by atoms with E-state index in [1.165, 1.54) is 6.42 Å². The smallest absolute Gasteiger partial charge is 0.325 e. The van der Waals surface area contributed by atoms with E-state index in [9.17, 15) is 9.90 Å². The molecular weight excluding hydrogens is 258 g/mol. The third-order valence-corrected chi connectivity index (χ3v) is 4.80. The summed E-state index contributed by atoms with van der Waals surface area (Å²) < 4.78 is 0. The summed E-state index contributed by atoms with van der Waals surface area (Å²) in [6.45, 7) is 2.18. The molecule has 2 rings (SSSR count). The van der Waals surface area contributed by atoms with Crippen LogP contribution in [0.5, 0.6) is 0 Å². The van der Waals surface area contributed by atoms with Gasteiger partial charge in [0.05, 0.1) is 0 Å². The molecule has 1 fully saturated rings. The van der Waals surface area contributed by atoms with Crippen LogP contribution in [0.2, 0.25) is 0 Å². The normalized spacial score (nSPS) is 24.3. The maximum atomic E-state index is 11.4. The van der Waals surface area contributed by atoms with Crippen LogP contribution in [0.1, 0.15) is 37.8 Å². The highest BCUT2D eigenvalue weighted by atomic mass is 32.2. The van der Waals surface area contributed by atoms with Crippen molar-refractivity contribution < 1.29 is 9.90 Å². The topological polar surface area (TPSA) is 49.3 Å². The Balaban J connectivity index is 1.97. The van der Waals surface area contributed by atoms with E-state index in [2.05, 4.69) is 12.2 Å². The summed E-state index contributed by atoms with van der Waals surface area (Å²) in [6.07, 6.45) is 3.35. The van der Waals surface area contributed by atoms with Crippen molar-refractivity contribution >= 4 is 17.7 Å². The van der Waals surface area contributed by atoms with Gasteiger partial charge in [0.2, 0.25) is 0 Å². The SMILES string of the molecule is CCSC1CCC(NC(C(=O)O)c2ccccc2)C1. The lowest BCUT2D eigenvalue weighted by molar-refractivity contribution is -0.139. The molecule has 1 aromatic rings. The van der Waals surface area contributed by atoms with Gasteiger partial charge in [0.25, 0.3) is 0 Å². The molecular formula is C15H21NO2S. The summed E-state index contributed by atoms with van der Waals surface area (Å²) in [6, 6.07) is 9.17. The molecule has 0 radical (unpaired) electrons. The number of carboxylic acid groups (broad SMARTS) is 1. The van der Waals surface area contributed by atoms with Crippen molar-refractivity contribution in [3.05, 3.63) is 35.9 Å². The molecule has 3 unspecified atom stereocenters. The zero-order valence-electron chi connectivity index (χ0n) is 11.2. The number of aliphatic carboxylic acids is 1. The van der Waals surface area contributed by atoms with Crippen molar-refractivity contribution in [3.63, 3.8) is 0 Å². The van der Waals surface area contributed by atoms with Gasteiger partial charge in [-0.3, -0.25) is 10.1 Å². The highest BCUT2D eigenvalue weighted by Crippen LogP contribution is 2.31. The number of hydrogen-bond acceptors (Lipinski definition) is 3. The van der Waals surface area contributed by atoms with Gasteiger partial charge in [0.15, 0.2) is 0 Å². The third-order valence-electron chi connectivity index (χ3n) is 3.57. The van der Waals surface area contributed by atoms with Crippen molar-refractivity contribution in [1.29, 1.82) is 0 Å². The average molecular weight is 279 g/mol. The number of carboxylic acids is 1. The van der Waals surface area contributed by atoms with Gasteiger partial charge in [-0.15, -0.1) is 0 Å². The summed E-state index contributed by atoms with van der Waals surface area (Å²) >= 11 is 1.99. The van der Waals surface area contributed by atoms with Crippen LogP contribution >= 0.6 is 11.8 Å². The van der Waals surface area contributed by atoms with Gasteiger partial charge >= 0.3 is 5.97 Å². The molecule has 3 atom stereocenters. The molecule has 2 N–H and O–H groups in total. The lowest BCUT2D eigenvalue weighted by Gasteiger charge is -2.20. The molecule has 0 heterocycles. The van der Waals surface area contributed by atoms with Gasteiger partial charge in [0, 0.05) is 11.3 Å². The Morgan fingerprint density at radius 2 is 2.16 bits per heavy atom. The molecule has 1 aliphatic rings. The first-order valence-corrected chi connectivity index (χ1v) is 7.91. The molecule has 3 nitrogen and oxygen atoms in total. The molecule has 0 bridgehead atoms. The van der Waals surface area contributed by atoms with Gasteiger partial charge in [-0.25, -0.2) is 0 Å². The number of nitrogens with one attached hydrogen (secondary N) is 1. The summed E-state index contributed by atoms with van der Waals surface area (Å²) in [4.78, 5) is 11.4. The van der Waals surface area contributed by atoms with Crippen LogP contribution in [-0.4, -0.2) is 28.1 Å². The summed E-state index contributed by atoms with van der Waals surface area (Å²) in [7, 11) is 0. The molecule has 0 aliphatic heterocycles. The Bertz CT molecular complexity index is 410. The van der Waals surface area contributed by atoms with Crippen LogP contribution in [0.3, 0.4) is 0 Å². The van der Waals surface area contributed by atoms with Crippen LogP contribution in [0, 0.1) is 0 Å². The summed E-state index contributed by atoms with van der Waals surface area (Å²) in [5.41, 5.74) is 0.835. The predicted octanol–water partition coefficient (Wildman–Crippen LogP) is 3.08. The maximum absolute atomic E-state index is 11.4. The third kappa shape index (κ3) is 3.98. The van der Waals surface area contributed by atoms with Gasteiger partial charge in [-0.2, -0.15) is 11.8 Å². The van der Waals surface area contributed by atoms with E-state index in [0.29, 0.717) is 11.3 Å². The van der Waals surface area contributed by atoms with Crippen LogP contribution in [0.25, 0.3) is 0 Å². The Morgan fingerprint density at radius 3 is 2.79 bits per heavy atom. The minimum atomic E-state index is -0.794. The first-order chi connectivity index (χ1) is 9.20. The van der Waals surface area contributed by atoms with Crippen molar-refractivity contribution in [2.24, 2.45) is 0 Å². The largest absolute Gasteiger partial charge is 0.480 e. The molecule has 0 saturated heterocycles. The van der Waals surface area contributed by atoms with Crippen molar-refractivity contribution in [3.8, 4) is 0 Å². The second kappa shape index (κ2) is 6.96. The van der Waals surface area contributed by atoms with Crippen LogP contribution < -0.4 is 5.32 Å². The quantitative estimate of drug-likeness (QED) is 0.840. The molecule has 1 saturated carbocycles. The summed E-state index contributed by atoms with van der Waals surface area (Å²) in [5.74, 6) is 0.344.